The summed E-state index contributed by atoms with van der Waals surface area (Å²) in [6, 6.07) is 0. The molecule has 3 unspecified atom stereocenters. The number of aliphatic hydroxyl groups excluding tert-OH is 5. The normalized spacial score (nSPS) is 38.4. The van der Waals surface area contributed by atoms with E-state index < -0.39 is 56.0 Å². The summed E-state index contributed by atoms with van der Waals surface area (Å²) in [7, 11) is 0. The van der Waals surface area contributed by atoms with Crippen molar-refractivity contribution in [3.63, 3.8) is 0 Å². The number of rotatable bonds is 5. The van der Waals surface area contributed by atoms with Gasteiger partial charge in [-0.1, -0.05) is 0 Å². The van der Waals surface area contributed by atoms with E-state index in [1.165, 1.54) is 0 Å². The van der Waals surface area contributed by atoms with E-state index in [1.807, 2.05) is 0 Å². The first-order valence-electron chi connectivity index (χ1n) is 5.22. The average Bonchev–Trinajstić information content (AvgIpc) is 2.35. The molecule has 9 heteroatoms. The van der Waals surface area contributed by atoms with Gasteiger partial charge < -0.3 is 40.1 Å². The van der Waals surface area contributed by atoms with Crippen LogP contribution in [-0.2, 0) is 14.3 Å². The van der Waals surface area contributed by atoms with E-state index in [0.29, 0.717) is 0 Å². The fourth-order valence-corrected chi connectivity index (χ4v) is 1.52. The van der Waals surface area contributed by atoms with Crippen molar-refractivity contribution in [2.45, 2.75) is 36.8 Å². The summed E-state index contributed by atoms with van der Waals surface area (Å²) in [5.74, 6) is -1.48. The predicted molar refractivity (Wildman–Crippen MR) is 53.4 cm³/mol. The van der Waals surface area contributed by atoms with Crippen LogP contribution in [-0.4, -0.2) is 86.6 Å². The fourth-order valence-electron chi connectivity index (χ4n) is 1.52. The van der Waals surface area contributed by atoms with Crippen LogP contribution in [0.4, 0.5) is 0 Å². The topological polar surface area (TPSA) is 157 Å². The fraction of sp³-hybridized carbons (Fsp3) is 0.889. The highest BCUT2D eigenvalue weighted by Crippen LogP contribution is 2.22. The molecule has 9 nitrogen and oxygen atoms in total. The molecule has 1 aliphatic rings. The minimum absolute atomic E-state index is 0.651. The van der Waals surface area contributed by atoms with Crippen molar-refractivity contribution in [1.82, 2.24) is 0 Å². The zero-order chi connectivity index (χ0) is 13.9. The van der Waals surface area contributed by atoms with E-state index >= 15 is 0 Å². The number of carboxylic acids is 1. The number of aliphatic hydroxyl groups is 5. The Hall–Kier alpha value is -0.810. The summed E-state index contributed by atoms with van der Waals surface area (Å²) in [4.78, 5) is 10.6. The molecular formula is C9H16O9. The van der Waals surface area contributed by atoms with E-state index in [-0.39, 0.29) is 0 Å². The lowest BCUT2D eigenvalue weighted by Gasteiger charge is -2.40. The first-order chi connectivity index (χ1) is 8.42. The average molecular weight is 268 g/mol. The molecule has 0 saturated carbocycles. The maximum Gasteiger partial charge on any atom is 0.335 e. The largest absolute Gasteiger partial charge is 0.479 e. The molecule has 0 amide bonds. The molecule has 0 aromatic heterocycles. The van der Waals surface area contributed by atoms with Crippen LogP contribution in [0.1, 0.15) is 0 Å². The molecule has 6 N–H and O–H groups in total. The van der Waals surface area contributed by atoms with Crippen LogP contribution >= 0.6 is 0 Å². The minimum atomic E-state index is -1.70. The van der Waals surface area contributed by atoms with Gasteiger partial charge in [0, 0.05) is 0 Å². The monoisotopic (exact) mass is 268 g/mol. The van der Waals surface area contributed by atoms with E-state index in [2.05, 4.69) is 0 Å². The SMILES string of the molecule is O=C(O)C(CO)O[C@@H]1OC(CO)[C@H](O)[C@H](O)C1O. The lowest BCUT2D eigenvalue weighted by Crippen LogP contribution is -2.60. The second-order valence-corrected chi connectivity index (χ2v) is 3.84. The number of aliphatic carboxylic acids is 1. The number of ether oxygens (including phenoxy) is 2. The summed E-state index contributed by atoms with van der Waals surface area (Å²) in [5.41, 5.74) is 0. The quantitative estimate of drug-likeness (QED) is 0.294. The van der Waals surface area contributed by atoms with E-state index in [1.54, 1.807) is 0 Å². The molecule has 0 radical (unpaired) electrons. The van der Waals surface area contributed by atoms with E-state index in [9.17, 15) is 20.1 Å². The summed E-state index contributed by atoms with van der Waals surface area (Å²) < 4.78 is 9.67. The van der Waals surface area contributed by atoms with Gasteiger partial charge in [0.15, 0.2) is 12.4 Å². The lowest BCUT2D eigenvalue weighted by molar-refractivity contribution is -0.311. The van der Waals surface area contributed by atoms with Crippen LogP contribution in [0.2, 0.25) is 0 Å². The standard InChI is InChI=1S/C9H16O9/c10-1-3-5(12)6(13)7(14)9(17-3)18-4(2-11)8(15)16/h3-7,9-14H,1-2H2,(H,15,16)/t3?,4?,5-,6-,7?,9-/m0/s1. The Kier molecular flexibility index (Phi) is 5.41. The van der Waals surface area contributed by atoms with Gasteiger partial charge in [-0.3, -0.25) is 0 Å². The van der Waals surface area contributed by atoms with Gasteiger partial charge in [0.05, 0.1) is 13.2 Å². The molecule has 0 bridgehead atoms. The van der Waals surface area contributed by atoms with Gasteiger partial charge in [-0.05, 0) is 0 Å². The minimum Gasteiger partial charge on any atom is -0.479 e. The predicted octanol–water partition coefficient (Wildman–Crippen LogP) is -3.75. The number of carbonyl (C=O) groups is 1. The van der Waals surface area contributed by atoms with Crippen molar-refractivity contribution in [3.05, 3.63) is 0 Å². The molecule has 0 spiro atoms. The molecule has 1 heterocycles. The Balaban J connectivity index is 2.72. The van der Waals surface area contributed by atoms with Crippen LogP contribution in [0.5, 0.6) is 0 Å². The molecule has 1 fully saturated rings. The molecule has 0 aromatic carbocycles. The summed E-state index contributed by atoms with van der Waals surface area (Å²) >= 11 is 0. The summed E-state index contributed by atoms with van der Waals surface area (Å²) in [6.45, 7) is -1.51. The Morgan fingerprint density at radius 1 is 1.17 bits per heavy atom. The van der Waals surface area contributed by atoms with Crippen molar-refractivity contribution in [1.29, 1.82) is 0 Å². The lowest BCUT2D eigenvalue weighted by atomic mass is 9.99. The Morgan fingerprint density at radius 2 is 1.78 bits per heavy atom. The summed E-state index contributed by atoms with van der Waals surface area (Å²) in [5, 5.41) is 54.7. The molecular weight excluding hydrogens is 252 g/mol. The number of hydrogen-bond donors (Lipinski definition) is 6. The zero-order valence-corrected chi connectivity index (χ0v) is 9.29. The van der Waals surface area contributed by atoms with Crippen molar-refractivity contribution >= 4 is 5.97 Å². The smallest absolute Gasteiger partial charge is 0.335 e. The number of carboxylic acid groups (broad SMARTS) is 1. The van der Waals surface area contributed by atoms with Gasteiger partial charge in [0.25, 0.3) is 0 Å². The van der Waals surface area contributed by atoms with Gasteiger partial charge >= 0.3 is 5.97 Å². The molecule has 1 saturated heterocycles. The second kappa shape index (κ2) is 6.38. The Labute approximate surface area is 102 Å². The summed E-state index contributed by atoms with van der Waals surface area (Å²) in [6.07, 6.45) is -9.32. The van der Waals surface area contributed by atoms with Gasteiger partial charge in [-0.2, -0.15) is 0 Å². The molecule has 18 heavy (non-hydrogen) atoms. The van der Waals surface area contributed by atoms with Crippen molar-refractivity contribution in [3.8, 4) is 0 Å². The van der Waals surface area contributed by atoms with Crippen LogP contribution < -0.4 is 0 Å². The molecule has 106 valence electrons. The maximum absolute atomic E-state index is 10.6. The molecule has 0 aromatic rings. The van der Waals surface area contributed by atoms with Gasteiger partial charge in [0.1, 0.15) is 24.4 Å². The van der Waals surface area contributed by atoms with Gasteiger partial charge in [-0.25, -0.2) is 4.79 Å². The third-order valence-electron chi connectivity index (χ3n) is 2.59. The van der Waals surface area contributed by atoms with Crippen LogP contribution in [0, 0.1) is 0 Å². The first-order valence-corrected chi connectivity index (χ1v) is 5.22. The molecule has 1 rings (SSSR count). The van der Waals surface area contributed by atoms with Crippen LogP contribution in [0.3, 0.4) is 0 Å². The highest BCUT2D eigenvalue weighted by molar-refractivity contribution is 5.72. The Bertz CT molecular complexity index is 281. The molecule has 1 aliphatic heterocycles. The highest BCUT2D eigenvalue weighted by atomic mass is 16.7. The first kappa shape index (κ1) is 15.2. The maximum atomic E-state index is 10.6. The van der Waals surface area contributed by atoms with Crippen molar-refractivity contribution in [2.75, 3.05) is 13.2 Å². The van der Waals surface area contributed by atoms with Crippen LogP contribution in [0.25, 0.3) is 0 Å². The van der Waals surface area contributed by atoms with Crippen molar-refractivity contribution in [2.24, 2.45) is 0 Å². The van der Waals surface area contributed by atoms with Crippen molar-refractivity contribution < 1.29 is 44.9 Å². The van der Waals surface area contributed by atoms with E-state index in [0.717, 1.165) is 0 Å². The highest BCUT2D eigenvalue weighted by Gasteiger charge is 2.45. The van der Waals surface area contributed by atoms with Gasteiger partial charge in [-0.15, -0.1) is 0 Å². The van der Waals surface area contributed by atoms with E-state index in [4.69, 9.17) is 24.8 Å². The Morgan fingerprint density at radius 3 is 2.22 bits per heavy atom. The third-order valence-corrected chi connectivity index (χ3v) is 2.59. The molecule has 6 atom stereocenters. The van der Waals surface area contributed by atoms with Gasteiger partial charge in [0.2, 0.25) is 0 Å². The molecule has 0 aliphatic carbocycles. The van der Waals surface area contributed by atoms with Crippen LogP contribution in [0.15, 0.2) is 0 Å². The zero-order valence-electron chi connectivity index (χ0n) is 9.29. The third kappa shape index (κ3) is 3.14. The second-order valence-electron chi connectivity index (χ2n) is 3.84. The number of hydrogen-bond acceptors (Lipinski definition) is 8.